The molecule has 154 valence electrons. The van der Waals surface area contributed by atoms with E-state index in [1.807, 2.05) is 24.3 Å². The quantitative estimate of drug-likeness (QED) is 0.384. The van der Waals surface area contributed by atoms with Gasteiger partial charge in [0, 0.05) is 51.3 Å². The van der Waals surface area contributed by atoms with Gasteiger partial charge in [-0.2, -0.15) is 8.78 Å². The highest BCUT2D eigenvalue weighted by molar-refractivity contribution is 14.0. The first kappa shape index (κ1) is 22.2. The first-order valence-corrected chi connectivity index (χ1v) is 8.77. The van der Waals surface area contributed by atoms with E-state index < -0.39 is 6.55 Å². The number of halogens is 3. The molecule has 0 spiro atoms. The Labute approximate surface area is 180 Å². The number of imidazole rings is 1. The number of methoxy groups -OCH3 is 1. The van der Waals surface area contributed by atoms with Gasteiger partial charge >= 0.3 is 6.55 Å². The molecule has 1 N–H and O–H groups in total. The number of benzene rings is 1. The summed E-state index contributed by atoms with van der Waals surface area (Å²) in [7, 11) is 3.35. The summed E-state index contributed by atoms with van der Waals surface area (Å²) < 4.78 is 31.9. The highest BCUT2D eigenvalue weighted by Gasteiger charge is 2.20. The van der Waals surface area contributed by atoms with E-state index in [0.29, 0.717) is 5.96 Å². The zero-order chi connectivity index (χ0) is 19.2. The van der Waals surface area contributed by atoms with Gasteiger partial charge in [-0.05, 0) is 24.3 Å². The monoisotopic (exact) mass is 506 g/mol. The van der Waals surface area contributed by atoms with E-state index >= 15 is 0 Å². The Hall–Kier alpha value is -2.11. The lowest BCUT2D eigenvalue weighted by Gasteiger charge is -2.37. The maximum absolute atomic E-state index is 12.9. The molecule has 7 nitrogen and oxygen atoms in total. The summed E-state index contributed by atoms with van der Waals surface area (Å²) >= 11 is 0. The van der Waals surface area contributed by atoms with Crippen LogP contribution >= 0.6 is 24.0 Å². The van der Waals surface area contributed by atoms with Gasteiger partial charge in [0.1, 0.15) is 11.6 Å². The molecule has 0 atom stereocenters. The van der Waals surface area contributed by atoms with Crippen LogP contribution in [0.4, 0.5) is 14.5 Å². The van der Waals surface area contributed by atoms with Crippen LogP contribution in [0.25, 0.3) is 0 Å². The SMILES string of the molecule is CN=C(NCc1nccn1C(F)F)N1CCN(c2ccc(OC)cc2)CC1.I. The highest BCUT2D eigenvalue weighted by atomic mass is 127. The minimum atomic E-state index is -2.60. The number of piperazine rings is 1. The Morgan fingerprint density at radius 2 is 1.89 bits per heavy atom. The molecule has 0 saturated carbocycles. The molecule has 0 amide bonds. The second-order valence-corrected chi connectivity index (χ2v) is 6.10. The standard InChI is InChI=1S/C18H24F2N6O.HI/c1-21-18(23-13-16-22-7-8-26(16)17(19)20)25-11-9-24(10-12-25)14-3-5-15(27-2)6-4-14;/h3-8,17H,9-13H2,1-2H3,(H,21,23);1H. The molecule has 1 aromatic heterocycles. The van der Waals surface area contributed by atoms with Crippen molar-refractivity contribution in [2.45, 2.75) is 13.1 Å². The van der Waals surface area contributed by atoms with Crippen molar-refractivity contribution in [3.05, 3.63) is 42.5 Å². The highest BCUT2D eigenvalue weighted by Crippen LogP contribution is 2.20. The number of nitrogens with one attached hydrogen (secondary N) is 1. The smallest absolute Gasteiger partial charge is 0.319 e. The molecule has 1 fully saturated rings. The minimum Gasteiger partial charge on any atom is -0.497 e. The molecule has 1 aliphatic heterocycles. The fraction of sp³-hybridized carbons (Fsp3) is 0.444. The fourth-order valence-corrected chi connectivity index (χ4v) is 3.12. The van der Waals surface area contributed by atoms with Crippen LogP contribution in [-0.4, -0.2) is 60.7 Å². The van der Waals surface area contributed by atoms with Crippen LogP contribution in [0.2, 0.25) is 0 Å². The molecule has 2 heterocycles. The van der Waals surface area contributed by atoms with Crippen molar-refractivity contribution in [1.29, 1.82) is 0 Å². The normalized spacial score (nSPS) is 14.8. The van der Waals surface area contributed by atoms with Crippen LogP contribution in [0.5, 0.6) is 5.75 Å². The summed E-state index contributed by atoms with van der Waals surface area (Å²) in [4.78, 5) is 12.7. The van der Waals surface area contributed by atoms with Crippen molar-refractivity contribution in [1.82, 2.24) is 19.8 Å². The van der Waals surface area contributed by atoms with Crippen molar-refractivity contribution in [3.8, 4) is 5.75 Å². The zero-order valence-corrected chi connectivity index (χ0v) is 18.2. The lowest BCUT2D eigenvalue weighted by molar-refractivity contribution is 0.0668. The predicted octanol–water partition coefficient (Wildman–Crippen LogP) is 2.80. The summed E-state index contributed by atoms with van der Waals surface area (Å²) in [6.45, 7) is 0.865. The van der Waals surface area contributed by atoms with Gasteiger partial charge in [-0.1, -0.05) is 0 Å². The Balaban J connectivity index is 0.00000280. The van der Waals surface area contributed by atoms with E-state index in [2.05, 4.69) is 25.1 Å². The Morgan fingerprint density at radius 3 is 2.46 bits per heavy atom. The molecule has 0 bridgehead atoms. The van der Waals surface area contributed by atoms with Crippen LogP contribution in [-0.2, 0) is 6.54 Å². The molecular formula is C18H25F2IN6O. The van der Waals surface area contributed by atoms with Gasteiger partial charge in [-0.15, -0.1) is 24.0 Å². The summed E-state index contributed by atoms with van der Waals surface area (Å²) in [5, 5.41) is 3.13. The number of ether oxygens (including phenoxy) is 1. The van der Waals surface area contributed by atoms with Crippen LogP contribution in [0, 0.1) is 0 Å². The van der Waals surface area contributed by atoms with Crippen molar-refractivity contribution in [2.24, 2.45) is 4.99 Å². The van der Waals surface area contributed by atoms with E-state index in [1.54, 1.807) is 14.2 Å². The number of guanidine groups is 1. The number of aliphatic imine (C=N–C) groups is 1. The molecule has 1 aromatic carbocycles. The van der Waals surface area contributed by atoms with E-state index in [4.69, 9.17) is 4.74 Å². The number of rotatable bonds is 5. The molecule has 0 aliphatic carbocycles. The van der Waals surface area contributed by atoms with E-state index in [0.717, 1.165) is 42.2 Å². The van der Waals surface area contributed by atoms with Gasteiger partial charge in [0.15, 0.2) is 5.96 Å². The van der Waals surface area contributed by atoms with E-state index in [9.17, 15) is 8.78 Å². The second kappa shape index (κ2) is 10.4. The number of hydrogen-bond acceptors (Lipinski definition) is 4. The Bertz CT molecular complexity index is 760. The molecule has 28 heavy (non-hydrogen) atoms. The number of nitrogens with zero attached hydrogens (tertiary/aromatic N) is 5. The lowest BCUT2D eigenvalue weighted by Crippen LogP contribution is -2.52. The summed E-state index contributed by atoms with van der Waals surface area (Å²) in [5.74, 6) is 1.81. The van der Waals surface area contributed by atoms with Gasteiger partial charge < -0.3 is 19.9 Å². The van der Waals surface area contributed by atoms with Crippen molar-refractivity contribution in [2.75, 3.05) is 45.2 Å². The van der Waals surface area contributed by atoms with Crippen molar-refractivity contribution in [3.63, 3.8) is 0 Å². The molecule has 0 radical (unpaired) electrons. The molecule has 1 saturated heterocycles. The first-order valence-electron chi connectivity index (χ1n) is 8.77. The molecule has 1 aliphatic rings. The molecule has 10 heteroatoms. The summed E-state index contributed by atoms with van der Waals surface area (Å²) in [6.07, 6.45) is 2.65. The molecule has 3 rings (SSSR count). The average molecular weight is 506 g/mol. The molecule has 0 unspecified atom stereocenters. The first-order chi connectivity index (χ1) is 13.1. The zero-order valence-electron chi connectivity index (χ0n) is 15.9. The Kier molecular flexibility index (Phi) is 8.27. The number of alkyl halides is 2. The van der Waals surface area contributed by atoms with Crippen LogP contribution in [0.3, 0.4) is 0 Å². The summed E-state index contributed by atoms with van der Waals surface area (Å²) in [5.41, 5.74) is 1.15. The fourth-order valence-electron chi connectivity index (χ4n) is 3.12. The molecular weight excluding hydrogens is 481 g/mol. The van der Waals surface area contributed by atoms with E-state index in [1.165, 1.54) is 12.4 Å². The second-order valence-electron chi connectivity index (χ2n) is 6.10. The van der Waals surface area contributed by atoms with Crippen molar-refractivity contribution >= 4 is 35.6 Å². The van der Waals surface area contributed by atoms with Crippen molar-refractivity contribution < 1.29 is 13.5 Å². The van der Waals surface area contributed by atoms with Gasteiger partial charge in [0.05, 0.1) is 13.7 Å². The average Bonchev–Trinajstić information content (AvgIpc) is 3.18. The largest absolute Gasteiger partial charge is 0.497 e. The third-order valence-electron chi connectivity index (χ3n) is 4.59. The van der Waals surface area contributed by atoms with Crippen LogP contribution in [0.15, 0.2) is 41.7 Å². The predicted molar refractivity (Wildman–Crippen MR) is 116 cm³/mol. The Morgan fingerprint density at radius 1 is 1.21 bits per heavy atom. The number of anilines is 1. The maximum atomic E-state index is 12.9. The van der Waals surface area contributed by atoms with Gasteiger partial charge in [-0.3, -0.25) is 9.56 Å². The van der Waals surface area contributed by atoms with Gasteiger partial charge in [0.2, 0.25) is 0 Å². The van der Waals surface area contributed by atoms with Gasteiger partial charge in [-0.25, -0.2) is 4.98 Å². The lowest BCUT2D eigenvalue weighted by atomic mass is 10.2. The molecule has 2 aromatic rings. The van der Waals surface area contributed by atoms with Crippen LogP contribution < -0.4 is 15.0 Å². The van der Waals surface area contributed by atoms with Gasteiger partial charge in [0.25, 0.3) is 0 Å². The number of hydrogen-bond donors (Lipinski definition) is 1. The van der Waals surface area contributed by atoms with Crippen LogP contribution in [0.1, 0.15) is 12.4 Å². The summed E-state index contributed by atoms with van der Waals surface area (Å²) in [6, 6.07) is 8.00. The third kappa shape index (κ3) is 5.24. The minimum absolute atomic E-state index is 0. The third-order valence-corrected chi connectivity index (χ3v) is 4.59. The maximum Gasteiger partial charge on any atom is 0.319 e. The number of aromatic nitrogens is 2. The topological polar surface area (TPSA) is 57.9 Å². The van der Waals surface area contributed by atoms with E-state index in [-0.39, 0.29) is 36.3 Å².